The summed E-state index contributed by atoms with van der Waals surface area (Å²) in [6.07, 6.45) is 2.81. The molecule has 0 heterocycles. The van der Waals surface area contributed by atoms with Crippen molar-refractivity contribution in [1.82, 2.24) is 0 Å². The summed E-state index contributed by atoms with van der Waals surface area (Å²) in [4.78, 5) is 0. The molecule has 1 atom stereocenters. The first-order valence-electron chi connectivity index (χ1n) is 4.46. The minimum absolute atomic E-state index is 0.442. The van der Waals surface area contributed by atoms with Gasteiger partial charge in [-0.05, 0) is 42.0 Å². The fourth-order valence-corrected chi connectivity index (χ4v) is 2.19. The van der Waals surface area contributed by atoms with Crippen LogP contribution in [0.4, 0.5) is 0 Å². The number of nitriles is 1. The monoisotopic (exact) mass is 191 g/mol. The Balaban J connectivity index is 2.34. The van der Waals surface area contributed by atoms with Crippen LogP contribution in [0.3, 0.4) is 0 Å². The first-order valence-corrected chi connectivity index (χ1v) is 4.84. The van der Waals surface area contributed by atoms with Gasteiger partial charge >= 0.3 is 0 Å². The maximum atomic E-state index is 8.63. The van der Waals surface area contributed by atoms with Crippen LogP contribution in [-0.2, 0) is 6.42 Å². The van der Waals surface area contributed by atoms with Gasteiger partial charge in [0, 0.05) is 11.4 Å². The van der Waals surface area contributed by atoms with Crippen LogP contribution in [0.5, 0.6) is 0 Å². The zero-order chi connectivity index (χ0) is 9.26. The molecule has 1 aliphatic rings. The predicted octanol–water partition coefficient (Wildman–Crippen LogP) is 3.28. The van der Waals surface area contributed by atoms with Gasteiger partial charge in [0.2, 0.25) is 0 Å². The van der Waals surface area contributed by atoms with E-state index in [1.165, 1.54) is 11.1 Å². The molecular weight excluding hydrogens is 182 g/mol. The van der Waals surface area contributed by atoms with Crippen LogP contribution in [0, 0.1) is 11.3 Å². The molecule has 0 fully saturated rings. The first kappa shape index (κ1) is 8.59. The molecule has 0 N–H and O–H groups in total. The Morgan fingerprint density at radius 1 is 1.54 bits per heavy atom. The average Bonchev–Trinajstić information content (AvgIpc) is 2.49. The number of benzene rings is 1. The van der Waals surface area contributed by atoms with Crippen molar-refractivity contribution in [2.75, 3.05) is 0 Å². The van der Waals surface area contributed by atoms with Crippen molar-refractivity contribution in [3.63, 3.8) is 0 Å². The van der Waals surface area contributed by atoms with Gasteiger partial charge < -0.3 is 0 Å². The smallest absolute Gasteiger partial charge is 0.0628 e. The van der Waals surface area contributed by atoms with Crippen molar-refractivity contribution in [3.8, 4) is 6.07 Å². The van der Waals surface area contributed by atoms with Gasteiger partial charge in [-0.25, -0.2) is 0 Å². The lowest BCUT2D eigenvalue weighted by molar-refractivity contribution is 0.695. The predicted molar refractivity (Wildman–Crippen MR) is 52.7 cm³/mol. The zero-order valence-corrected chi connectivity index (χ0v) is 8.01. The molecule has 1 aliphatic carbocycles. The van der Waals surface area contributed by atoms with Crippen molar-refractivity contribution in [2.24, 2.45) is 0 Å². The average molecular weight is 192 g/mol. The van der Waals surface area contributed by atoms with Crippen LogP contribution >= 0.6 is 11.6 Å². The summed E-state index contributed by atoms with van der Waals surface area (Å²) < 4.78 is 0. The van der Waals surface area contributed by atoms with Gasteiger partial charge in [-0.3, -0.25) is 0 Å². The van der Waals surface area contributed by atoms with Crippen molar-refractivity contribution in [2.45, 2.75) is 25.2 Å². The molecule has 1 unspecified atom stereocenters. The van der Waals surface area contributed by atoms with Gasteiger partial charge in [0.1, 0.15) is 0 Å². The highest BCUT2D eigenvalue weighted by atomic mass is 35.5. The Morgan fingerprint density at radius 2 is 2.38 bits per heavy atom. The summed E-state index contributed by atoms with van der Waals surface area (Å²) in [6.45, 7) is 0. The van der Waals surface area contributed by atoms with Gasteiger partial charge in [-0.1, -0.05) is 17.7 Å². The molecule has 0 radical (unpaired) electrons. The van der Waals surface area contributed by atoms with E-state index in [4.69, 9.17) is 16.9 Å². The lowest BCUT2D eigenvalue weighted by Gasteiger charge is -2.05. The molecule has 2 rings (SSSR count). The van der Waals surface area contributed by atoms with E-state index < -0.39 is 0 Å². The van der Waals surface area contributed by atoms with Crippen LogP contribution in [0.2, 0.25) is 5.02 Å². The molecule has 0 aromatic heterocycles. The van der Waals surface area contributed by atoms with E-state index in [0.717, 1.165) is 17.9 Å². The van der Waals surface area contributed by atoms with Gasteiger partial charge in [0.05, 0.1) is 6.07 Å². The van der Waals surface area contributed by atoms with E-state index in [9.17, 15) is 0 Å². The summed E-state index contributed by atoms with van der Waals surface area (Å²) in [5.41, 5.74) is 2.65. The third kappa shape index (κ3) is 1.55. The highest BCUT2D eigenvalue weighted by molar-refractivity contribution is 6.30. The second-order valence-corrected chi connectivity index (χ2v) is 3.88. The normalized spacial score (nSPS) is 19.5. The minimum Gasteiger partial charge on any atom is -0.198 e. The number of fused-ring (bicyclic) bond motifs is 1. The number of halogens is 1. The largest absolute Gasteiger partial charge is 0.198 e. The van der Waals surface area contributed by atoms with Gasteiger partial charge in [0.25, 0.3) is 0 Å². The molecular formula is C11H10ClN. The fourth-order valence-electron chi connectivity index (χ4n) is 2.00. The quantitative estimate of drug-likeness (QED) is 0.669. The van der Waals surface area contributed by atoms with E-state index in [1.807, 2.05) is 12.1 Å². The molecule has 0 bridgehead atoms. The minimum atomic E-state index is 0.442. The third-order valence-corrected chi connectivity index (χ3v) is 2.88. The van der Waals surface area contributed by atoms with Crippen molar-refractivity contribution in [1.29, 1.82) is 5.26 Å². The summed E-state index contributed by atoms with van der Waals surface area (Å²) in [5, 5.41) is 9.43. The standard InChI is InChI=1S/C11H10ClN/c12-10-3-4-11-8(5-6-13)1-2-9(11)7-10/h3-4,7-8H,1-2,5H2. The summed E-state index contributed by atoms with van der Waals surface area (Å²) in [5.74, 6) is 0.442. The maximum Gasteiger partial charge on any atom is 0.0628 e. The molecule has 1 aromatic carbocycles. The van der Waals surface area contributed by atoms with E-state index in [0.29, 0.717) is 12.3 Å². The second kappa shape index (κ2) is 3.40. The van der Waals surface area contributed by atoms with Crippen LogP contribution in [0.15, 0.2) is 18.2 Å². The Kier molecular flexibility index (Phi) is 2.24. The van der Waals surface area contributed by atoms with Gasteiger partial charge in [0.15, 0.2) is 0 Å². The van der Waals surface area contributed by atoms with Gasteiger partial charge in [-0.2, -0.15) is 5.26 Å². The van der Waals surface area contributed by atoms with Crippen molar-refractivity contribution in [3.05, 3.63) is 34.3 Å². The van der Waals surface area contributed by atoms with Gasteiger partial charge in [-0.15, -0.1) is 0 Å². The first-order chi connectivity index (χ1) is 6.31. The van der Waals surface area contributed by atoms with Crippen molar-refractivity contribution < 1.29 is 0 Å². The van der Waals surface area contributed by atoms with Crippen LogP contribution in [0.25, 0.3) is 0 Å². The number of aryl methyl sites for hydroxylation is 1. The van der Waals surface area contributed by atoms with E-state index in [2.05, 4.69) is 12.1 Å². The maximum absolute atomic E-state index is 8.63. The highest BCUT2D eigenvalue weighted by Gasteiger charge is 2.21. The number of rotatable bonds is 1. The Morgan fingerprint density at radius 3 is 3.15 bits per heavy atom. The highest BCUT2D eigenvalue weighted by Crippen LogP contribution is 2.36. The van der Waals surface area contributed by atoms with Crippen LogP contribution in [-0.4, -0.2) is 0 Å². The van der Waals surface area contributed by atoms with E-state index in [1.54, 1.807) is 0 Å². The summed E-state index contributed by atoms with van der Waals surface area (Å²) in [7, 11) is 0. The topological polar surface area (TPSA) is 23.8 Å². The lowest BCUT2D eigenvalue weighted by Crippen LogP contribution is -1.90. The molecule has 13 heavy (non-hydrogen) atoms. The molecule has 2 heteroatoms. The molecule has 1 aromatic rings. The Hall–Kier alpha value is -1.00. The number of nitrogens with zero attached hydrogens (tertiary/aromatic N) is 1. The summed E-state index contributed by atoms with van der Waals surface area (Å²) in [6, 6.07) is 8.23. The fraction of sp³-hybridized carbons (Fsp3) is 0.364. The van der Waals surface area contributed by atoms with Crippen LogP contribution < -0.4 is 0 Å². The van der Waals surface area contributed by atoms with E-state index >= 15 is 0 Å². The third-order valence-electron chi connectivity index (χ3n) is 2.64. The lowest BCUT2D eigenvalue weighted by atomic mass is 9.99. The Labute approximate surface area is 82.9 Å². The molecule has 0 saturated carbocycles. The number of hydrogen-bond donors (Lipinski definition) is 0. The molecule has 0 saturated heterocycles. The zero-order valence-electron chi connectivity index (χ0n) is 7.26. The number of hydrogen-bond acceptors (Lipinski definition) is 1. The van der Waals surface area contributed by atoms with E-state index in [-0.39, 0.29) is 0 Å². The van der Waals surface area contributed by atoms with Crippen molar-refractivity contribution >= 4 is 11.6 Å². The summed E-state index contributed by atoms with van der Waals surface area (Å²) >= 11 is 5.88. The molecule has 0 spiro atoms. The Bertz CT molecular complexity index is 365. The molecule has 0 aliphatic heterocycles. The molecule has 66 valence electrons. The molecule has 0 amide bonds. The SMILES string of the molecule is N#CCC1CCc2cc(Cl)ccc21. The van der Waals surface area contributed by atoms with Crippen LogP contribution in [0.1, 0.15) is 29.9 Å². The second-order valence-electron chi connectivity index (χ2n) is 3.44. The molecule has 1 nitrogen and oxygen atoms in total.